The molecule has 0 N–H and O–H groups in total. The third-order valence-electron chi connectivity index (χ3n) is 6.73. The van der Waals surface area contributed by atoms with Crippen LogP contribution in [0.15, 0.2) is 91.0 Å². The van der Waals surface area contributed by atoms with Gasteiger partial charge in [-0.2, -0.15) is 35.9 Å². The molecule has 0 aromatic heterocycles. The zero-order chi connectivity index (χ0) is 23.1. The van der Waals surface area contributed by atoms with Crippen molar-refractivity contribution < 1.29 is 42.0 Å². The summed E-state index contributed by atoms with van der Waals surface area (Å²) in [7, 11) is -0.462. The van der Waals surface area contributed by atoms with Crippen LogP contribution in [0.2, 0.25) is 0 Å². The first-order valence-electron chi connectivity index (χ1n) is 11.4. The van der Waals surface area contributed by atoms with Gasteiger partial charge in [-0.05, 0) is 33.3 Å². The fraction of sp³-hybridized carbons (Fsp3) is 0.200. The molecule has 1 heterocycles. The maximum Gasteiger partial charge on any atom is 0.427 e. The van der Waals surface area contributed by atoms with E-state index in [1.165, 1.54) is 0 Å². The normalized spacial score (nSPS) is 16.2. The van der Waals surface area contributed by atoms with Gasteiger partial charge in [-0.25, -0.2) is 5.56 Å². The summed E-state index contributed by atoms with van der Waals surface area (Å²) in [5, 5.41) is 0. The average Bonchev–Trinajstić information content (AvgIpc) is 3.06. The molecule has 1 aliphatic heterocycles. The zero-order valence-electron chi connectivity index (χ0n) is 20.1. The summed E-state index contributed by atoms with van der Waals surface area (Å²) in [5.41, 5.74) is 6.56. The van der Waals surface area contributed by atoms with Crippen molar-refractivity contribution in [2.24, 2.45) is 0 Å². The van der Waals surface area contributed by atoms with E-state index >= 15 is 0 Å². The number of benzene rings is 4. The fourth-order valence-electron chi connectivity index (χ4n) is 4.12. The molecule has 0 unspecified atom stereocenters. The first kappa shape index (κ1) is 25.1. The minimum Gasteiger partial charge on any atom is -0.408 e. The van der Waals surface area contributed by atoms with Gasteiger partial charge >= 0.3 is 7.12 Å². The molecule has 167 valence electrons. The van der Waals surface area contributed by atoms with Crippen molar-refractivity contribution in [3.63, 3.8) is 0 Å². The molecule has 2 nitrogen and oxygen atoms in total. The van der Waals surface area contributed by atoms with Crippen LogP contribution in [-0.4, -0.2) is 18.3 Å². The Balaban J connectivity index is 0.00000274. The van der Waals surface area contributed by atoms with Gasteiger partial charge in [0.05, 0.1) is 11.2 Å². The number of hydrogen-bond acceptors (Lipinski definition) is 2. The maximum atomic E-state index is 6.39. The molecule has 1 fully saturated rings. The SMILES string of the molecule is CC1(C)OB(c2ccc[c-]c2-c2[c-]c(-c3ccccc3)cc(-c3ccccc3)c2)OC1(C)C.[Y]. The van der Waals surface area contributed by atoms with E-state index in [1.807, 2.05) is 24.3 Å². The van der Waals surface area contributed by atoms with Gasteiger partial charge < -0.3 is 9.31 Å². The van der Waals surface area contributed by atoms with E-state index in [-0.39, 0.29) is 32.7 Å². The molecule has 1 aliphatic rings. The molecule has 0 aliphatic carbocycles. The second kappa shape index (κ2) is 9.91. The molecule has 1 radical (unpaired) electrons. The van der Waals surface area contributed by atoms with Crippen LogP contribution < -0.4 is 5.46 Å². The molecule has 34 heavy (non-hydrogen) atoms. The van der Waals surface area contributed by atoms with Crippen LogP contribution in [0.5, 0.6) is 0 Å². The van der Waals surface area contributed by atoms with Crippen molar-refractivity contribution >= 4 is 12.6 Å². The van der Waals surface area contributed by atoms with Gasteiger partial charge in [0, 0.05) is 32.7 Å². The average molecular weight is 519 g/mol. The van der Waals surface area contributed by atoms with Gasteiger partial charge in [0.15, 0.2) is 0 Å². The van der Waals surface area contributed by atoms with Gasteiger partial charge in [-0.1, -0.05) is 71.8 Å². The quantitative estimate of drug-likeness (QED) is 0.224. The molecule has 4 aromatic carbocycles. The van der Waals surface area contributed by atoms with Crippen LogP contribution in [-0.2, 0) is 42.0 Å². The van der Waals surface area contributed by atoms with Gasteiger partial charge in [-0.15, -0.1) is 23.2 Å². The van der Waals surface area contributed by atoms with Gasteiger partial charge in [0.1, 0.15) is 0 Å². The first-order chi connectivity index (χ1) is 15.8. The molecule has 0 bridgehead atoms. The number of hydrogen-bond donors (Lipinski definition) is 0. The first-order valence-corrected chi connectivity index (χ1v) is 11.4. The van der Waals surface area contributed by atoms with Crippen LogP contribution in [0.1, 0.15) is 27.7 Å². The van der Waals surface area contributed by atoms with E-state index in [1.54, 1.807) is 0 Å². The summed E-state index contributed by atoms with van der Waals surface area (Å²) in [6.45, 7) is 8.31. The Morgan fingerprint density at radius 1 is 0.647 bits per heavy atom. The van der Waals surface area contributed by atoms with Crippen molar-refractivity contribution in [1.29, 1.82) is 0 Å². The molecule has 4 aromatic rings. The van der Waals surface area contributed by atoms with E-state index in [0.717, 1.165) is 38.8 Å². The summed E-state index contributed by atoms with van der Waals surface area (Å²) in [5.74, 6) is 0. The van der Waals surface area contributed by atoms with E-state index in [2.05, 4.69) is 107 Å². The second-order valence-corrected chi connectivity index (χ2v) is 9.52. The topological polar surface area (TPSA) is 18.5 Å². The molecule has 4 heteroatoms. The zero-order valence-corrected chi connectivity index (χ0v) is 23.0. The predicted octanol–water partition coefficient (Wildman–Crippen LogP) is 6.58. The van der Waals surface area contributed by atoms with Crippen molar-refractivity contribution in [3.8, 4) is 33.4 Å². The molecule has 0 atom stereocenters. The minimum atomic E-state index is -0.462. The van der Waals surface area contributed by atoms with Crippen molar-refractivity contribution in [1.82, 2.24) is 0 Å². The van der Waals surface area contributed by atoms with Gasteiger partial charge in [-0.3, -0.25) is 0 Å². The Kier molecular flexibility index (Phi) is 7.31. The third-order valence-corrected chi connectivity index (χ3v) is 6.73. The largest absolute Gasteiger partial charge is 0.427 e. The molecular formula is C30H27BO2Y-2. The van der Waals surface area contributed by atoms with E-state index < -0.39 is 18.3 Å². The Morgan fingerprint density at radius 3 is 1.82 bits per heavy atom. The molecule has 5 rings (SSSR count). The van der Waals surface area contributed by atoms with Crippen LogP contribution in [0.3, 0.4) is 0 Å². The van der Waals surface area contributed by atoms with Gasteiger partial charge in [0.2, 0.25) is 0 Å². The smallest absolute Gasteiger partial charge is 0.408 e. The van der Waals surface area contributed by atoms with E-state index in [0.29, 0.717) is 0 Å². The van der Waals surface area contributed by atoms with Crippen LogP contribution in [0.4, 0.5) is 0 Å². The molecular weight excluding hydrogens is 492 g/mol. The molecule has 0 saturated carbocycles. The monoisotopic (exact) mass is 519 g/mol. The van der Waals surface area contributed by atoms with Gasteiger partial charge in [0.25, 0.3) is 0 Å². The Bertz CT molecular complexity index is 1200. The Morgan fingerprint density at radius 2 is 1.21 bits per heavy atom. The third kappa shape index (κ3) is 4.86. The molecule has 0 amide bonds. The minimum absolute atomic E-state index is 0. The Labute approximate surface area is 228 Å². The summed E-state index contributed by atoms with van der Waals surface area (Å²) >= 11 is 0. The fourth-order valence-corrected chi connectivity index (χ4v) is 4.12. The summed E-state index contributed by atoms with van der Waals surface area (Å²) in [6.07, 6.45) is 0. The standard InChI is InChI=1S/C30H27BO2.Y/c1-29(2)30(3,4)33-31(32-29)28-18-12-11-17-27(28)26-20-24(22-13-7-5-8-14-22)19-25(21-26)23-15-9-6-10-16-23;/h5-16,18-20H,1-4H3;/q-2;. The van der Waals surface area contributed by atoms with Crippen molar-refractivity contribution in [2.75, 3.05) is 0 Å². The Hall–Kier alpha value is -2.03. The van der Waals surface area contributed by atoms with Crippen LogP contribution in [0, 0.1) is 12.1 Å². The summed E-state index contributed by atoms with van der Waals surface area (Å²) in [4.78, 5) is 0. The van der Waals surface area contributed by atoms with Crippen LogP contribution in [0.25, 0.3) is 33.4 Å². The maximum absolute atomic E-state index is 6.39. The molecule has 1 saturated heterocycles. The molecule has 0 spiro atoms. The van der Waals surface area contributed by atoms with Crippen LogP contribution >= 0.6 is 0 Å². The second-order valence-electron chi connectivity index (χ2n) is 9.52. The van der Waals surface area contributed by atoms with E-state index in [4.69, 9.17) is 9.31 Å². The number of rotatable bonds is 4. The summed E-state index contributed by atoms with van der Waals surface area (Å²) in [6, 6.07) is 38.3. The predicted molar refractivity (Wildman–Crippen MR) is 136 cm³/mol. The van der Waals surface area contributed by atoms with Crippen molar-refractivity contribution in [2.45, 2.75) is 38.9 Å². The van der Waals surface area contributed by atoms with Crippen molar-refractivity contribution in [3.05, 3.63) is 103 Å². The summed E-state index contributed by atoms with van der Waals surface area (Å²) < 4.78 is 12.8. The van der Waals surface area contributed by atoms with E-state index in [9.17, 15) is 0 Å².